The molecular weight excluding hydrogens is 472 g/mol. The summed E-state index contributed by atoms with van der Waals surface area (Å²) in [4.78, 5) is 29.4. The fourth-order valence-corrected chi connectivity index (χ4v) is 5.11. The third-order valence-electron chi connectivity index (χ3n) is 7.13. The molecule has 0 bridgehead atoms. The molecule has 0 aliphatic rings. The van der Waals surface area contributed by atoms with E-state index in [2.05, 4.69) is 94.5 Å². The Labute approximate surface area is 222 Å². The van der Waals surface area contributed by atoms with Crippen molar-refractivity contribution in [3.8, 4) is 11.1 Å². The normalized spacial score (nSPS) is 11.9. The molecule has 6 nitrogen and oxygen atoms in total. The number of fused-ring (bicyclic) bond motifs is 2. The molecule has 192 valence electrons. The van der Waals surface area contributed by atoms with Crippen molar-refractivity contribution in [3.63, 3.8) is 0 Å². The lowest BCUT2D eigenvalue weighted by molar-refractivity contribution is -0.128. The monoisotopic (exact) mass is 504 g/mol. The van der Waals surface area contributed by atoms with Gasteiger partial charge in [-0.15, -0.1) is 0 Å². The van der Waals surface area contributed by atoms with Gasteiger partial charge >= 0.3 is 0 Å². The largest absolute Gasteiger partial charge is 0.357 e. The number of amides is 2. The van der Waals surface area contributed by atoms with Gasteiger partial charge in [-0.05, 0) is 57.1 Å². The summed E-state index contributed by atoms with van der Waals surface area (Å²) in [6, 6.07) is 27.1. The molecule has 0 spiro atoms. The van der Waals surface area contributed by atoms with E-state index in [4.69, 9.17) is 0 Å². The summed E-state index contributed by atoms with van der Waals surface area (Å²) < 4.78 is 1.86. The zero-order valence-corrected chi connectivity index (χ0v) is 21.8. The van der Waals surface area contributed by atoms with Gasteiger partial charge in [0, 0.05) is 38.8 Å². The van der Waals surface area contributed by atoms with Crippen LogP contribution in [0.4, 0.5) is 0 Å². The van der Waals surface area contributed by atoms with Crippen LogP contribution in [0.1, 0.15) is 24.1 Å². The summed E-state index contributed by atoms with van der Waals surface area (Å²) in [5.41, 5.74) is 4.49. The average molecular weight is 505 g/mol. The smallest absolute Gasteiger partial charge is 0.242 e. The number of carbonyl (C=O) groups excluding carboxylic acids is 2. The van der Waals surface area contributed by atoms with Crippen LogP contribution in [-0.2, 0) is 29.5 Å². The molecule has 2 N–H and O–H groups in total. The fraction of sp³-hybridized carbons (Fsp3) is 0.219. The number of nitrogens with zero attached hydrogens (tertiary/aromatic N) is 2. The first-order chi connectivity index (χ1) is 18.5. The Morgan fingerprint density at radius 3 is 2.42 bits per heavy atom. The summed E-state index contributed by atoms with van der Waals surface area (Å²) in [7, 11) is 3.46. The highest BCUT2D eigenvalue weighted by Gasteiger charge is 2.21. The maximum absolute atomic E-state index is 12.9. The van der Waals surface area contributed by atoms with E-state index < -0.39 is 6.04 Å². The highest BCUT2D eigenvalue weighted by molar-refractivity contribution is 5.99. The van der Waals surface area contributed by atoms with E-state index in [1.165, 1.54) is 38.2 Å². The van der Waals surface area contributed by atoms with Crippen molar-refractivity contribution in [3.05, 3.63) is 103 Å². The first-order valence-electron chi connectivity index (χ1n) is 13.0. The number of benzene rings is 4. The number of nitrogens with one attached hydrogen (secondary N) is 2. The van der Waals surface area contributed by atoms with E-state index in [-0.39, 0.29) is 11.8 Å². The number of rotatable bonds is 9. The molecule has 0 saturated carbocycles. The number of imidazole rings is 1. The number of hydrogen-bond acceptors (Lipinski definition) is 3. The van der Waals surface area contributed by atoms with Gasteiger partial charge in [0.2, 0.25) is 11.8 Å². The van der Waals surface area contributed by atoms with Gasteiger partial charge in [-0.2, -0.15) is 0 Å². The number of aromatic nitrogens is 2. The van der Waals surface area contributed by atoms with Crippen LogP contribution in [0.2, 0.25) is 0 Å². The van der Waals surface area contributed by atoms with Crippen molar-refractivity contribution >= 4 is 33.4 Å². The molecule has 0 saturated heterocycles. The molecule has 0 aliphatic carbocycles. The van der Waals surface area contributed by atoms with Crippen molar-refractivity contribution in [1.82, 2.24) is 20.2 Å². The number of aryl methyl sites for hydroxylation is 2. The Morgan fingerprint density at radius 2 is 1.66 bits per heavy atom. The van der Waals surface area contributed by atoms with E-state index in [1.807, 2.05) is 11.6 Å². The van der Waals surface area contributed by atoms with Crippen LogP contribution in [-0.4, -0.2) is 34.5 Å². The molecule has 1 aromatic heterocycles. The van der Waals surface area contributed by atoms with Gasteiger partial charge in [-0.3, -0.25) is 9.59 Å². The van der Waals surface area contributed by atoms with Gasteiger partial charge in [0.05, 0.1) is 6.33 Å². The number of hydrogen-bond donors (Lipinski definition) is 2. The highest BCUT2D eigenvalue weighted by atomic mass is 16.2. The number of carbonyl (C=O) groups is 2. The molecule has 5 aromatic rings. The molecule has 1 atom stereocenters. The second kappa shape index (κ2) is 11.3. The van der Waals surface area contributed by atoms with Crippen molar-refractivity contribution in [2.45, 2.75) is 31.7 Å². The Kier molecular flexibility index (Phi) is 7.50. The standard InChI is InChI=1S/C32H32N4O2/c1-33-32(38)30(19-26-20-34-21-36(26)2)35-31(37)16-8-12-24-18-25(17-23-10-4-5-13-27(23)24)29-15-7-11-22-9-3-6-14-28(22)29/h3-7,9-11,13-15,17-18,20-21,30H,8,12,16,19H2,1-2H3,(H,33,38)(H,35,37). The summed E-state index contributed by atoms with van der Waals surface area (Å²) >= 11 is 0. The van der Waals surface area contributed by atoms with E-state index in [9.17, 15) is 9.59 Å². The first kappa shape index (κ1) is 25.2. The molecular formula is C32H32N4O2. The van der Waals surface area contributed by atoms with E-state index in [0.29, 0.717) is 19.3 Å². The van der Waals surface area contributed by atoms with Gasteiger partial charge in [-0.25, -0.2) is 4.98 Å². The predicted octanol–water partition coefficient (Wildman–Crippen LogP) is 5.19. The lowest BCUT2D eigenvalue weighted by atomic mass is 9.92. The van der Waals surface area contributed by atoms with E-state index >= 15 is 0 Å². The van der Waals surface area contributed by atoms with Gasteiger partial charge < -0.3 is 15.2 Å². The second-order valence-corrected chi connectivity index (χ2v) is 9.67. The van der Waals surface area contributed by atoms with Crippen LogP contribution >= 0.6 is 0 Å². The van der Waals surface area contributed by atoms with Crippen LogP contribution < -0.4 is 10.6 Å². The van der Waals surface area contributed by atoms with Gasteiger partial charge in [0.25, 0.3) is 0 Å². The quantitative estimate of drug-likeness (QED) is 0.290. The molecule has 0 radical (unpaired) electrons. The summed E-state index contributed by atoms with van der Waals surface area (Å²) in [5, 5.41) is 10.4. The molecule has 0 fully saturated rings. The Morgan fingerprint density at radius 1 is 0.921 bits per heavy atom. The predicted molar refractivity (Wildman–Crippen MR) is 153 cm³/mol. The zero-order valence-electron chi connectivity index (χ0n) is 21.8. The van der Waals surface area contributed by atoms with Crippen LogP contribution in [0.25, 0.3) is 32.7 Å². The van der Waals surface area contributed by atoms with E-state index in [0.717, 1.165) is 12.1 Å². The van der Waals surface area contributed by atoms with Gasteiger partial charge in [0.1, 0.15) is 6.04 Å². The average Bonchev–Trinajstić information content (AvgIpc) is 3.35. The summed E-state index contributed by atoms with van der Waals surface area (Å²) in [6.45, 7) is 0. The van der Waals surface area contributed by atoms with Crippen molar-refractivity contribution in [1.29, 1.82) is 0 Å². The Balaban J connectivity index is 1.33. The third kappa shape index (κ3) is 5.44. The topological polar surface area (TPSA) is 76.0 Å². The van der Waals surface area contributed by atoms with Crippen LogP contribution in [0.15, 0.2) is 91.4 Å². The van der Waals surface area contributed by atoms with Crippen molar-refractivity contribution in [2.75, 3.05) is 7.05 Å². The molecule has 38 heavy (non-hydrogen) atoms. The Hall–Kier alpha value is -4.45. The first-order valence-corrected chi connectivity index (χ1v) is 13.0. The third-order valence-corrected chi connectivity index (χ3v) is 7.13. The SMILES string of the molecule is CNC(=O)C(Cc1cncn1C)NC(=O)CCCc1cc(-c2cccc3ccccc23)cc2ccccc12. The molecule has 6 heteroatoms. The van der Waals surface area contributed by atoms with Gasteiger partial charge in [0.15, 0.2) is 0 Å². The lowest BCUT2D eigenvalue weighted by Gasteiger charge is -2.18. The fourth-order valence-electron chi connectivity index (χ4n) is 5.11. The Bertz CT molecular complexity index is 1600. The van der Waals surface area contributed by atoms with Crippen LogP contribution in [0.5, 0.6) is 0 Å². The van der Waals surface area contributed by atoms with E-state index in [1.54, 1.807) is 19.6 Å². The van der Waals surface area contributed by atoms with Crippen molar-refractivity contribution < 1.29 is 9.59 Å². The highest BCUT2D eigenvalue weighted by Crippen LogP contribution is 2.33. The molecule has 0 aliphatic heterocycles. The molecule has 5 rings (SSSR count). The number of likely N-dealkylation sites (N-methyl/N-ethyl adjacent to an activating group) is 1. The molecule has 4 aromatic carbocycles. The summed E-state index contributed by atoms with van der Waals surface area (Å²) in [5.74, 6) is -0.344. The molecule has 2 amide bonds. The second-order valence-electron chi connectivity index (χ2n) is 9.67. The minimum Gasteiger partial charge on any atom is -0.357 e. The minimum absolute atomic E-state index is 0.129. The lowest BCUT2D eigenvalue weighted by Crippen LogP contribution is -2.47. The zero-order chi connectivity index (χ0) is 26.5. The van der Waals surface area contributed by atoms with Crippen LogP contribution in [0, 0.1) is 0 Å². The minimum atomic E-state index is -0.640. The molecule has 1 heterocycles. The van der Waals surface area contributed by atoms with Crippen LogP contribution in [0.3, 0.4) is 0 Å². The van der Waals surface area contributed by atoms with Crippen molar-refractivity contribution in [2.24, 2.45) is 7.05 Å². The maximum Gasteiger partial charge on any atom is 0.242 e. The summed E-state index contributed by atoms with van der Waals surface area (Å²) in [6.07, 6.45) is 5.58. The maximum atomic E-state index is 12.9. The molecule has 1 unspecified atom stereocenters. The van der Waals surface area contributed by atoms with Gasteiger partial charge in [-0.1, -0.05) is 72.8 Å².